The van der Waals surface area contributed by atoms with Gasteiger partial charge in [0.15, 0.2) is 0 Å². The van der Waals surface area contributed by atoms with Gasteiger partial charge in [0.05, 0.1) is 0 Å². The maximum absolute atomic E-state index is 7.07. The summed E-state index contributed by atoms with van der Waals surface area (Å²) in [6.07, 6.45) is 0.998. The van der Waals surface area contributed by atoms with Gasteiger partial charge in [0.25, 0.3) is 0 Å². The van der Waals surface area contributed by atoms with Crippen LogP contribution in [0.4, 0.5) is 0 Å². The first-order chi connectivity index (χ1) is 13.4. The van der Waals surface area contributed by atoms with Crippen LogP contribution in [0.1, 0.15) is 36.0 Å². The Balaban J connectivity index is 1.69. The van der Waals surface area contributed by atoms with E-state index < -0.39 is 13.4 Å². The van der Waals surface area contributed by atoms with E-state index in [1.54, 1.807) is 0 Å². The van der Waals surface area contributed by atoms with Crippen molar-refractivity contribution in [1.82, 2.24) is 0 Å². The molecule has 4 heteroatoms. The summed E-state index contributed by atoms with van der Waals surface area (Å²) in [5.41, 5.74) is 6.56. The van der Waals surface area contributed by atoms with Crippen molar-refractivity contribution in [2.24, 2.45) is 10.1 Å². The second kappa shape index (κ2) is 7.63. The summed E-state index contributed by atoms with van der Waals surface area (Å²) in [7, 11) is 14.1. The summed E-state index contributed by atoms with van der Waals surface area (Å²) < 4.78 is 8.11. The van der Waals surface area contributed by atoms with E-state index in [1.807, 2.05) is 18.2 Å². The average molecular weight is 447 g/mol. The fraction of sp³-hybridized carbons (Fsp3) is 0.250. The molecule has 0 saturated carbocycles. The number of hydrogen-bond donors (Lipinski definition) is 1. The predicted octanol–water partition coefficient (Wildman–Crippen LogP) is 7.31. The summed E-state index contributed by atoms with van der Waals surface area (Å²) in [4.78, 5) is 0. The molecule has 0 aliphatic heterocycles. The topological polar surface area (TPSA) is 26.0 Å². The normalized spacial score (nSPS) is 16.1. The van der Waals surface area contributed by atoms with E-state index in [2.05, 4.69) is 67.6 Å². The third-order valence-corrected chi connectivity index (χ3v) is 12.2. The second-order valence-corrected chi connectivity index (χ2v) is 22.6. The molecule has 0 fully saturated rings. The molecule has 0 saturated heterocycles. The summed E-state index contributed by atoms with van der Waals surface area (Å²) in [5, 5.41) is 0. The van der Waals surface area contributed by atoms with Crippen LogP contribution >= 0.6 is 18.6 Å². The maximum atomic E-state index is 7.07. The van der Waals surface area contributed by atoms with Gasteiger partial charge in [-0.1, -0.05) is 0 Å². The van der Waals surface area contributed by atoms with E-state index >= 15 is 0 Å². The zero-order valence-electron chi connectivity index (χ0n) is 16.1. The predicted molar refractivity (Wildman–Crippen MR) is 118 cm³/mol. The van der Waals surface area contributed by atoms with Gasteiger partial charge in [0.2, 0.25) is 0 Å². The van der Waals surface area contributed by atoms with Crippen molar-refractivity contribution in [1.29, 1.82) is 0 Å². The Bertz CT molecular complexity index is 933. The number of halogens is 2. The SMILES string of the molecule is CCC([CH2][Ti]([NH2])([Cl])([Cl])[CH2]c1ccccc1)C1c2ccccc2-c2ccccc21. The number of hydrogen-bond acceptors (Lipinski definition) is 1. The van der Waals surface area contributed by atoms with Gasteiger partial charge in [-0.25, -0.2) is 0 Å². The molecule has 0 amide bonds. The van der Waals surface area contributed by atoms with Crippen LogP contribution < -0.4 is 4.22 Å². The first-order valence-electron chi connectivity index (χ1n) is 9.98. The molecule has 0 bridgehead atoms. The van der Waals surface area contributed by atoms with Gasteiger partial charge in [-0.2, -0.15) is 0 Å². The van der Waals surface area contributed by atoms with Crippen molar-refractivity contribution in [3.05, 3.63) is 95.6 Å². The summed E-state index contributed by atoms with van der Waals surface area (Å²) in [6, 6.07) is 27.6. The molecule has 1 nitrogen and oxygen atoms in total. The third-order valence-electron chi connectivity index (χ3n) is 5.96. The molecule has 1 aliphatic carbocycles. The van der Waals surface area contributed by atoms with Gasteiger partial charge in [-0.05, 0) is 0 Å². The molecule has 3 aromatic carbocycles. The van der Waals surface area contributed by atoms with Crippen molar-refractivity contribution in [2.75, 3.05) is 0 Å². The zero-order valence-corrected chi connectivity index (χ0v) is 19.2. The summed E-state index contributed by atoms with van der Waals surface area (Å²) >= 11 is -4.15. The van der Waals surface area contributed by atoms with E-state index in [0.717, 1.165) is 12.0 Å². The van der Waals surface area contributed by atoms with Gasteiger partial charge in [-0.15, -0.1) is 0 Å². The first-order valence-corrected chi connectivity index (χ1v) is 17.4. The second-order valence-electron chi connectivity index (χ2n) is 8.17. The standard InChI is InChI=1S/C17H17.C7H7.2ClH.H2N.Ti/c1-3-12(2)17-15-10-6-4-8-13(15)14-9-5-7-11-16(14)17;1-7-5-3-2-4-6-7;;;;/h4-12,17H,2-3H2,1H3;2-6H,1H2;2*1H;1H2;/q;;;;-1;+3/p-2. The van der Waals surface area contributed by atoms with Crippen LogP contribution in [0.25, 0.3) is 11.1 Å². The number of nitrogens with two attached hydrogens (primary N) is 1. The molecule has 0 heterocycles. The molecule has 0 aromatic heterocycles. The average Bonchev–Trinajstić information content (AvgIpc) is 3.01. The van der Waals surface area contributed by atoms with Crippen molar-refractivity contribution in [2.45, 2.75) is 28.7 Å². The quantitative estimate of drug-likeness (QED) is 0.394. The van der Waals surface area contributed by atoms with Crippen LogP contribution in [0.15, 0.2) is 78.9 Å². The van der Waals surface area contributed by atoms with Crippen LogP contribution in [-0.4, -0.2) is 0 Å². The van der Waals surface area contributed by atoms with Gasteiger partial charge in [-0.3, -0.25) is 0 Å². The zero-order chi connectivity index (χ0) is 19.8. The molecule has 145 valence electrons. The first kappa shape index (κ1) is 20.2. The molecule has 4 rings (SSSR count). The minimum absolute atomic E-state index is 0.303. The fourth-order valence-corrected chi connectivity index (χ4v) is 12.1. The van der Waals surface area contributed by atoms with E-state index in [9.17, 15) is 0 Å². The fourth-order valence-electron chi connectivity index (χ4n) is 4.82. The Kier molecular flexibility index (Phi) is 5.50. The van der Waals surface area contributed by atoms with Gasteiger partial charge in [0.1, 0.15) is 0 Å². The minimum atomic E-state index is -4.15. The summed E-state index contributed by atoms with van der Waals surface area (Å²) in [6.45, 7) is 2.23. The van der Waals surface area contributed by atoms with Crippen LogP contribution in [0.5, 0.6) is 0 Å². The number of rotatable bonds is 6. The van der Waals surface area contributed by atoms with Gasteiger partial charge in [0, 0.05) is 0 Å². The number of benzene rings is 3. The monoisotopic (exact) mass is 446 g/mol. The van der Waals surface area contributed by atoms with E-state index in [0.29, 0.717) is 21.3 Å². The molecule has 1 atom stereocenters. The third kappa shape index (κ3) is 4.11. The van der Waals surface area contributed by atoms with E-state index in [4.69, 9.17) is 22.8 Å². The van der Waals surface area contributed by atoms with Crippen LogP contribution in [0, 0.1) is 5.92 Å². The molecule has 1 unspecified atom stereocenters. The van der Waals surface area contributed by atoms with Gasteiger partial charge >= 0.3 is 178 Å². The Hall–Kier alpha value is -1.09. The molecular weight excluding hydrogens is 421 g/mol. The molecular formula is C24H26Cl2NTi. The molecule has 1 aliphatic rings. The van der Waals surface area contributed by atoms with Gasteiger partial charge < -0.3 is 0 Å². The molecule has 0 spiro atoms. The Labute approximate surface area is 176 Å². The molecule has 3 aromatic rings. The van der Waals surface area contributed by atoms with Crippen molar-refractivity contribution < 1.29 is 13.4 Å². The Morgan fingerprint density at radius 2 is 1.32 bits per heavy atom. The van der Waals surface area contributed by atoms with E-state index in [1.165, 1.54) is 22.3 Å². The molecule has 0 radical (unpaired) electrons. The van der Waals surface area contributed by atoms with Crippen LogP contribution in [-0.2, 0) is 18.2 Å². The molecule has 28 heavy (non-hydrogen) atoms. The summed E-state index contributed by atoms with van der Waals surface area (Å²) in [5.74, 6) is 0.628. The van der Waals surface area contributed by atoms with Crippen LogP contribution in [0.2, 0.25) is 4.73 Å². The van der Waals surface area contributed by atoms with Crippen molar-refractivity contribution in [3.63, 3.8) is 0 Å². The number of fused-ring (bicyclic) bond motifs is 3. The Morgan fingerprint density at radius 1 is 0.821 bits per heavy atom. The molecule has 2 N–H and O–H groups in total. The van der Waals surface area contributed by atoms with E-state index in [-0.39, 0.29) is 0 Å². The van der Waals surface area contributed by atoms with Crippen LogP contribution in [0.3, 0.4) is 0 Å². The van der Waals surface area contributed by atoms with Crippen molar-refractivity contribution >= 4 is 18.6 Å². The Morgan fingerprint density at radius 3 is 1.86 bits per heavy atom. The van der Waals surface area contributed by atoms with Crippen molar-refractivity contribution in [3.8, 4) is 11.1 Å².